The van der Waals surface area contributed by atoms with Crippen LogP contribution in [0.5, 0.6) is 5.75 Å². The molecule has 0 atom stereocenters. The van der Waals surface area contributed by atoms with Crippen molar-refractivity contribution in [1.82, 2.24) is 9.88 Å². The van der Waals surface area contributed by atoms with Crippen molar-refractivity contribution in [2.24, 2.45) is 0 Å². The average Bonchev–Trinajstić information content (AvgIpc) is 2.90. The highest BCUT2D eigenvalue weighted by Gasteiger charge is 2.22. The molecule has 140 valence electrons. The topological polar surface area (TPSA) is 71.6 Å². The zero-order valence-electron chi connectivity index (χ0n) is 16.0. The molecule has 0 saturated carbocycles. The number of carbonyl (C=O) groups is 2. The van der Waals surface area contributed by atoms with Gasteiger partial charge in [-0.25, -0.2) is 4.79 Å². The molecular weight excluding hydrogens is 332 g/mol. The number of aryl methyl sites for hydroxylation is 2. The molecule has 0 amide bonds. The molecule has 1 aromatic heterocycles. The van der Waals surface area contributed by atoms with E-state index in [4.69, 9.17) is 9.47 Å². The first-order valence-electron chi connectivity index (χ1n) is 8.52. The van der Waals surface area contributed by atoms with E-state index >= 15 is 0 Å². The summed E-state index contributed by atoms with van der Waals surface area (Å²) < 4.78 is 10.5. The Morgan fingerprint density at radius 3 is 2.38 bits per heavy atom. The van der Waals surface area contributed by atoms with Crippen LogP contribution in [0.25, 0.3) is 0 Å². The first-order chi connectivity index (χ1) is 12.3. The second-order valence-electron chi connectivity index (χ2n) is 6.44. The Balaban J connectivity index is 1.90. The number of likely N-dealkylation sites (N-methyl/N-ethyl adjacent to an activating group) is 1. The van der Waals surface area contributed by atoms with Crippen LogP contribution in [0.3, 0.4) is 0 Å². The lowest BCUT2D eigenvalue weighted by molar-refractivity contribution is 0.0599. The highest BCUT2D eigenvalue weighted by molar-refractivity contribution is 6.02. The maximum atomic E-state index is 12.6. The summed E-state index contributed by atoms with van der Waals surface area (Å²) in [5.41, 5.74) is 3.34. The maximum absolute atomic E-state index is 12.6. The van der Waals surface area contributed by atoms with Crippen molar-refractivity contribution in [3.8, 4) is 5.75 Å². The van der Waals surface area contributed by atoms with Gasteiger partial charge in [-0.05, 0) is 45.5 Å². The zero-order valence-corrected chi connectivity index (χ0v) is 16.0. The number of hydrogen-bond acceptors (Lipinski definition) is 5. The third-order valence-corrected chi connectivity index (χ3v) is 4.28. The molecule has 2 rings (SSSR count). The van der Waals surface area contributed by atoms with Gasteiger partial charge >= 0.3 is 5.97 Å². The van der Waals surface area contributed by atoms with Crippen molar-refractivity contribution in [1.29, 1.82) is 0 Å². The number of esters is 1. The maximum Gasteiger partial charge on any atom is 0.339 e. The number of nitrogens with one attached hydrogen (secondary N) is 1. The molecule has 0 spiro atoms. The fourth-order valence-corrected chi connectivity index (χ4v) is 2.79. The second kappa shape index (κ2) is 8.67. The van der Waals surface area contributed by atoms with E-state index in [1.54, 1.807) is 13.8 Å². The molecule has 1 aromatic carbocycles. The monoisotopic (exact) mass is 358 g/mol. The van der Waals surface area contributed by atoms with Gasteiger partial charge in [-0.2, -0.15) is 0 Å². The van der Waals surface area contributed by atoms with E-state index in [1.807, 2.05) is 43.1 Å². The van der Waals surface area contributed by atoms with Gasteiger partial charge in [-0.1, -0.05) is 17.7 Å². The number of benzene rings is 1. The molecule has 26 heavy (non-hydrogen) atoms. The fourth-order valence-electron chi connectivity index (χ4n) is 2.79. The van der Waals surface area contributed by atoms with E-state index in [-0.39, 0.29) is 12.3 Å². The average molecular weight is 358 g/mol. The number of methoxy groups -OCH3 is 1. The van der Waals surface area contributed by atoms with Crippen LogP contribution < -0.4 is 4.74 Å². The lowest BCUT2D eigenvalue weighted by atomic mass is 10.1. The van der Waals surface area contributed by atoms with E-state index in [9.17, 15) is 9.59 Å². The summed E-state index contributed by atoms with van der Waals surface area (Å²) in [5.74, 6) is 0.308. The number of hydrogen-bond donors (Lipinski definition) is 1. The number of ether oxygens (including phenoxy) is 2. The molecule has 0 radical (unpaired) electrons. The molecule has 0 saturated heterocycles. The van der Waals surface area contributed by atoms with Gasteiger partial charge in [0.1, 0.15) is 12.4 Å². The van der Waals surface area contributed by atoms with Gasteiger partial charge in [0.2, 0.25) is 0 Å². The third-order valence-electron chi connectivity index (χ3n) is 4.28. The van der Waals surface area contributed by atoms with Gasteiger partial charge in [0.05, 0.1) is 24.9 Å². The number of aromatic nitrogens is 1. The Morgan fingerprint density at radius 2 is 1.77 bits per heavy atom. The summed E-state index contributed by atoms with van der Waals surface area (Å²) in [6, 6.07) is 7.86. The van der Waals surface area contributed by atoms with Crippen LogP contribution in [-0.4, -0.2) is 55.5 Å². The largest absolute Gasteiger partial charge is 0.492 e. The molecule has 1 N–H and O–H groups in total. The molecular formula is C20H26N2O4. The van der Waals surface area contributed by atoms with Gasteiger partial charge in [0.25, 0.3) is 0 Å². The van der Waals surface area contributed by atoms with Crippen LogP contribution in [0.1, 0.15) is 37.7 Å². The van der Waals surface area contributed by atoms with Crippen LogP contribution in [0.15, 0.2) is 24.3 Å². The Bertz CT molecular complexity index is 778. The number of carbonyl (C=O) groups excluding carboxylic acids is 2. The van der Waals surface area contributed by atoms with Crippen LogP contribution in [0.2, 0.25) is 0 Å². The first kappa shape index (κ1) is 19.7. The highest BCUT2D eigenvalue weighted by Crippen LogP contribution is 2.19. The number of nitrogens with zero attached hydrogens (tertiary/aromatic N) is 1. The van der Waals surface area contributed by atoms with Crippen molar-refractivity contribution in [2.75, 3.05) is 33.9 Å². The molecule has 0 aliphatic heterocycles. The van der Waals surface area contributed by atoms with Crippen molar-refractivity contribution >= 4 is 11.8 Å². The van der Waals surface area contributed by atoms with Crippen LogP contribution in [0.4, 0.5) is 0 Å². The normalized spacial score (nSPS) is 10.8. The standard InChI is InChI=1S/C20H26N2O4/c1-13-6-8-16(9-7-13)26-11-10-22(4)12-17(23)19-14(2)18(15(3)21-19)20(24)25-5/h6-9,21H,10-12H2,1-5H3. The summed E-state index contributed by atoms with van der Waals surface area (Å²) >= 11 is 0. The van der Waals surface area contributed by atoms with Gasteiger partial charge in [0, 0.05) is 12.2 Å². The summed E-state index contributed by atoms with van der Waals surface area (Å²) in [5, 5.41) is 0. The highest BCUT2D eigenvalue weighted by atomic mass is 16.5. The zero-order chi connectivity index (χ0) is 19.3. The number of aromatic amines is 1. The predicted molar refractivity (Wildman–Crippen MR) is 100 cm³/mol. The van der Waals surface area contributed by atoms with Crippen LogP contribution in [0, 0.1) is 20.8 Å². The number of Topliss-reactive ketones (excluding diaryl/α,β-unsaturated/α-hetero) is 1. The van der Waals surface area contributed by atoms with Crippen LogP contribution >= 0.6 is 0 Å². The minimum atomic E-state index is -0.435. The fraction of sp³-hybridized carbons (Fsp3) is 0.400. The number of ketones is 1. The summed E-state index contributed by atoms with van der Waals surface area (Å²) in [6.45, 7) is 6.88. The number of rotatable bonds is 8. The van der Waals surface area contributed by atoms with E-state index < -0.39 is 5.97 Å². The Kier molecular flexibility index (Phi) is 6.58. The van der Waals surface area contributed by atoms with Crippen molar-refractivity contribution in [3.05, 3.63) is 52.3 Å². The van der Waals surface area contributed by atoms with Gasteiger partial charge in [0.15, 0.2) is 5.78 Å². The molecule has 0 fully saturated rings. The molecule has 6 nitrogen and oxygen atoms in total. The molecule has 0 unspecified atom stereocenters. The lowest BCUT2D eigenvalue weighted by Crippen LogP contribution is -2.30. The van der Waals surface area contributed by atoms with Gasteiger partial charge in [-0.15, -0.1) is 0 Å². The van der Waals surface area contributed by atoms with E-state index in [2.05, 4.69) is 4.98 Å². The van der Waals surface area contributed by atoms with Crippen molar-refractivity contribution < 1.29 is 19.1 Å². The first-order valence-corrected chi connectivity index (χ1v) is 8.52. The smallest absolute Gasteiger partial charge is 0.339 e. The predicted octanol–water partition coefficient (Wildman–Crippen LogP) is 2.92. The van der Waals surface area contributed by atoms with E-state index in [0.29, 0.717) is 35.7 Å². The Morgan fingerprint density at radius 1 is 1.12 bits per heavy atom. The molecule has 6 heteroatoms. The van der Waals surface area contributed by atoms with Crippen LogP contribution in [-0.2, 0) is 4.74 Å². The Hall–Kier alpha value is -2.60. The summed E-state index contributed by atoms with van der Waals surface area (Å²) in [6.07, 6.45) is 0. The minimum Gasteiger partial charge on any atom is -0.492 e. The van der Waals surface area contributed by atoms with E-state index in [0.717, 1.165) is 5.75 Å². The third kappa shape index (κ3) is 4.73. The van der Waals surface area contributed by atoms with E-state index in [1.165, 1.54) is 12.7 Å². The lowest BCUT2D eigenvalue weighted by Gasteiger charge is -2.16. The van der Waals surface area contributed by atoms with Gasteiger partial charge < -0.3 is 14.5 Å². The summed E-state index contributed by atoms with van der Waals surface area (Å²) in [7, 11) is 3.19. The molecule has 0 aliphatic carbocycles. The molecule has 0 bridgehead atoms. The van der Waals surface area contributed by atoms with Crippen molar-refractivity contribution in [2.45, 2.75) is 20.8 Å². The van der Waals surface area contributed by atoms with Crippen molar-refractivity contribution in [3.63, 3.8) is 0 Å². The molecule has 1 heterocycles. The minimum absolute atomic E-state index is 0.0708. The SMILES string of the molecule is COC(=O)c1c(C)[nH]c(C(=O)CN(C)CCOc2ccc(C)cc2)c1C. The Labute approximate surface area is 154 Å². The summed E-state index contributed by atoms with van der Waals surface area (Å²) in [4.78, 5) is 29.3. The molecule has 2 aromatic rings. The quantitative estimate of drug-likeness (QED) is 0.580. The second-order valence-corrected chi connectivity index (χ2v) is 6.44. The molecule has 0 aliphatic rings. The number of H-pyrrole nitrogens is 1. The van der Waals surface area contributed by atoms with Gasteiger partial charge in [-0.3, -0.25) is 9.69 Å².